The highest BCUT2D eigenvalue weighted by Crippen LogP contribution is 2.29. The number of halogens is 4. The van der Waals surface area contributed by atoms with E-state index in [0.717, 1.165) is 33.6 Å². The summed E-state index contributed by atoms with van der Waals surface area (Å²) < 4.78 is 43.0. The molecule has 0 saturated heterocycles. The fourth-order valence-corrected chi connectivity index (χ4v) is 2.82. The van der Waals surface area contributed by atoms with Crippen LogP contribution in [0.2, 0.25) is 0 Å². The number of benzene rings is 1. The summed E-state index contributed by atoms with van der Waals surface area (Å²) in [5.74, 6) is 1.23. The molecule has 0 unspecified atom stereocenters. The molecule has 10 heteroatoms. The molecule has 2 N–H and O–H groups in total. The number of hydrogen-bond donors (Lipinski definition) is 2. The van der Waals surface area contributed by atoms with Crippen molar-refractivity contribution >= 4 is 41.3 Å². The third kappa shape index (κ3) is 6.31. The lowest BCUT2D eigenvalue weighted by molar-refractivity contribution is -0.140. The zero-order valence-electron chi connectivity index (χ0n) is 14.5. The highest BCUT2D eigenvalue weighted by Gasteiger charge is 2.33. The van der Waals surface area contributed by atoms with Gasteiger partial charge >= 0.3 is 6.18 Å². The molecule has 0 amide bonds. The summed E-state index contributed by atoms with van der Waals surface area (Å²) in [5, 5.41) is 7.39. The van der Waals surface area contributed by atoms with Crippen LogP contribution in [0.3, 0.4) is 0 Å². The maximum Gasteiger partial charge on any atom is 0.434 e. The van der Waals surface area contributed by atoms with Crippen molar-refractivity contribution in [2.75, 3.05) is 14.2 Å². The molecule has 1 heterocycles. The largest absolute Gasteiger partial charge is 0.496 e. The van der Waals surface area contributed by atoms with Crippen LogP contribution in [0.15, 0.2) is 28.6 Å². The van der Waals surface area contributed by atoms with E-state index in [-0.39, 0.29) is 30.5 Å². The number of guanidine groups is 1. The molecule has 1 aromatic carbocycles. The topological polar surface area (TPSA) is 58.5 Å². The van der Waals surface area contributed by atoms with Gasteiger partial charge in [-0.05, 0) is 18.6 Å². The Morgan fingerprint density at radius 1 is 1.27 bits per heavy atom. The minimum Gasteiger partial charge on any atom is -0.496 e. The van der Waals surface area contributed by atoms with Crippen LogP contribution in [-0.2, 0) is 19.3 Å². The van der Waals surface area contributed by atoms with Crippen molar-refractivity contribution in [1.29, 1.82) is 0 Å². The van der Waals surface area contributed by atoms with Gasteiger partial charge in [-0.1, -0.05) is 12.1 Å². The molecule has 2 aromatic rings. The van der Waals surface area contributed by atoms with Gasteiger partial charge in [0.05, 0.1) is 13.7 Å². The van der Waals surface area contributed by atoms with Crippen LogP contribution in [-0.4, -0.2) is 25.1 Å². The fraction of sp³-hybridized carbons (Fsp3) is 0.375. The van der Waals surface area contributed by atoms with E-state index in [2.05, 4.69) is 20.6 Å². The fourth-order valence-electron chi connectivity index (χ4n) is 2.08. The summed E-state index contributed by atoms with van der Waals surface area (Å²) in [5.41, 5.74) is 1.17. The summed E-state index contributed by atoms with van der Waals surface area (Å²) in [7, 11) is 3.19. The molecule has 0 aliphatic rings. The van der Waals surface area contributed by atoms with Gasteiger partial charge in [0.15, 0.2) is 11.7 Å². The zero-order chi connectivity index (χ0) is 18.4. The lowest BCUT2D eigenvalue weighted by atomic mass is 10.1. The summed E-state index contributed by atoms with van der Waals surface area (Å²) in [6.45, 7) is 2.60. The number of nitrogens with zero attached hydrogens (tertiary/aromatic N) is 2. The predicted octanol–water partition coefficient (Wildman–Crippen LogP) is 3.96. The van der Waals surface area contributed by atoms with Gasteiger partial charge in [0.25, 0.3) is 0 Å². The van der Waals surface area contributed by atoms with Gasteiger partial charge in [-0.2, -0.15) is 13.2 Å². The number of hydrogen-bond acceptors (Lipinski definition) is 4. The number of methoxy groups -OCH3 is 1. The molecule has 0 saturated carbocycles. The predicted molar refractivity (Wildman–Crippen MR) is 107 cm³/mol. The summed E-state index contributed by atoms with van der Waals surface area (Å²) in [6, 6.07) is 5.86. The molecule has 0 atom stereocenters. The Morgan fingerprint density at radius 2 is 1.96 bits per heavy atom. The van der Waals surface area contributed by atoms with Crippen molar-refractivity contribution in [3.8, 4) is 5.75 Å². The average molecular weight is 500 g/mol. The molecule has 0 aliphatic carbocycles. The first-order valence-corrected chi connectivity index (χ1v) is 8.31. The molecule has 0 spiro atoms. The number of alkyl halides is 3. The molecule has 26 heavy (non-hydrogen) atoms. The molecule has 2 rings (SSSR count). The number of aliphatic imine (C=N–C) groups is 1. The highest BCUT2D eigenvalue weighted by molar-refractivity contribution is 14.0. The Balaban J connectivity index is 0.00000338. The van der Waals surface area contributed by atoms with Crippen LogP contribution in [0.4, 0.5) is 13.2 Å². The van der Waals surface area contributed by atoms with Crippen molar-refractivity contribution < 1.29 is 17.9 Å². The van der Waals surface area contributed by atoms with Gasteiger partial charge < -0.3 is 15.4 Å². The number of aromatic nitrogens is 1. The van der Waals surface area contributed by atoms with Crippen molar-refractivity contribution in [1.82, 2.24) is 15.6 Å². The Morgan fingerprint density at radius 3 is 2.54 bits per heavy atom. The van der Waals surface area contributed by atoms with Crippen LogP contribution in [0.5, 0.6) is 5.75 Å². The third-order valence-electron chi connectivity index (χ3n) is 3.36. The van der Waals surface area contributed by atoms with Crippen LogP contribution < -0.4 is 15.4 Å². The van der Waals surface area contributed by atoms with E-state index in [9.17, 15) is 13.2 Å². The van der Waals surface area contributed by atoms with E-state index < -0.39 is 11.9 Å². The monoisotopic (exact) mass is 500 g/mol. The Hall–Kier alpha value is -1.56. The number of rotatable bonds is 5. The first kappa shape index (κ1) is 22.5. The standard InChI is InChI=1S/C16H19F3N4OS.HI/c1-10-4-5-11(12(6-10)24-3)7-21-15(20-2)22-8-14-23-13(9-25-14)16(17,18)19;/h4-6,9H,7-8H2,1-3H3,(H2,20,21,22);1H. The smallest absolute Gasteiger partial charge is 0.434 e. The van der Waals surface area contributed by atoms with Crippen molar-refractivity contribution in [2.45, 2.75) is 26.2 Å². The van der Waals surface area contributed by atoms with Crippen LogP contribution >= 0.6 is 35.3 Å². The second-order valence-corrected chi connectivity index (χ2v) is 6.16. The van der Waals surface area contributed by atoms with Gasteiger partial charge in [0.1, 0.15) is 10.8 Å². The Kier molecular flexibility index (Phi) is 8.60. The molecule has 1 aromatic heterocycles. The van der Waals surface area contributed by atoms with Crippen molar-refractivity contribution in [2.24, 2.45) is 4.99 Å². The van der Waals surface area contributed by atoms with Gasteiger partial charge in [-0.3, -0.25) is 4.99 Å². The van der Waals surface area contributed by atoms with Crippen molar-refractivity contribution in [3.05, 3.63) is 45.4 Å². The van der Waals surface area contributed by atoms with E-state index in [1.54, 1.807) is 14.2 Å². The minimum atomic E-state index is -4.42. The van der Waals surface area contributed by atoms with E-state index in [0.29, 0.717) is 17.5 Å². The number of ether oxygens (including phenoxy) is 1. The Labute approximate surface area is 171 Å². The second-order valence-electron chi connectivity index (χ2n) is 5.22. The summed E-state index contributed by atoms with van der Waals surface area (Å²) in [6.07, 6.45) is -4.42. The number of thiazole rings is 1. The number of aryl methyl sites for hydroxylation is 1. The summed E-state index contributed by atoms with van der Waals surface area (Å²) in [4.78, 5) is 7.63. The quantitative estimate of drug-likeness (QED) is 0.371. The van der Waals surface area contributed by atoms with Crippen LogP contribution in [0, 0.1) is 6.92 Å². The van der Waals surface area contributed by atoms with E-state index in [1.165, 1.54) is 0 Å². The Bertz CT molecular complexity index is 749. The maximum absolute atomic E-state index is 12.6. The third-order valence-corrected chi connectivity index (χ3v) is 4.21. The van der Waals surface area contributed by atoms with E-state index in [1.807, 2.05) is 25.1 Å². The second kappa shape index (κ2) is 9.95. The molecular weight excluding hydrogens is 480 g/mol. The zero-order valence-corrected chi connectivity index (χ0v) is 17.6. The molecule has 144 valence electrons. The number of nitrogens with one attached hydrogen (secondary N) is 2. The lowest BCUT2D eigenvalue weighted by Gasteiger charge is -2.13. The van der Waals surface area contributed by atoms with Gasteiger partial charge in [0, 0.05) is 24.5 Å². The van der Waals surface area contributed by atoms with Crippen LogP contribution in [0.1, 0.15) is 21.8 Å². The molecule has 0 fully saturated rings. The van der Waals surface area contributed by atoms with E-state index >= 15 is 0 Å². The highest BCUT2D eigenvalue weighted by atomic mass is 127. The maximum atomic E-state index is 12.6. The summed E-state index contributed by atoms with van der Waals surface area (Å²) >= 11 is 0.955. The first-order chi connectivity index (χ1) is 11.8. The normalized spacial score (nSPS) is 11.7. The molecule has 0 aliphatic heterocycles. The lowest BCUT2D eigenvalue weighted by Crippen LogP contribution is -2.36. The average Bonchev–Trinajstić information content (AvgIpc) is 3.05. The SMILES string of the molecule is CN=C(NCc1nc(C(F)(F)F)cs1)NCc1ccc(C)cc1OC.I. The molecule has 0 bridgehead atoms. The van der Waals surface area contributed by atoms with Gasteiger partial charge in [-0.25, -0.2) is 4.98 Å². The molecule has 5 nitrogen and oxygen atoms in total. The molecule has 0 radical (unpaired) electrons. The van der Waals surface area contributed by atoms with Gasteiger partial charge in [0.2, 0.25) is 0 Å². The van der Waals surface area contributed by atoms with E-state index in [4.69, 9.17) is 4.74 Å². The first-order valence-electron chi connectivity index (χ1n) is 7.43. The molecular formula is C16H20F3IN4OS. The van der Waals surface area contributed by atoms with Crippen LogP contribution in [0.25, 0.3) is 0 Å². The van der Waals surface area contributed by atoms with Crippen molar-refractivity contribution in [3.63, 3.8) is 0 Å². The van der Waals surface area contributed by atoms with Gasteiger partial charge in [-0.15, -0.1) is 35.3 Å². The minimum absolute atomic E-state index is 0.